The van der Waals surface area contributed by atoms with Crippen LogP contribution in [0, 0.1) is 20.8 Å². The lowest BCUT2D eigenvalue weighted by Gasteiger charge is -2.08. The van der Waals surface area contributed by atoms with Gasteiger partial charge in [0.25, 0.3) is 0 Å². The molecule has 0 fully saturated rings. The summed E-state index contributed by atoms with van der Waals surface area (Å²) in [7, 11) is 0. The van der Waals surface area contributed by atoms with Gasteiger partial charge in [0, 0.05) is 0 Å². The second-order valence-corrected chi connectivity index (χ2v) is 5.31. The Kier molecular flexibility index (Phi) is 11.3. The van der Waals surface area contributed by atoms with Gasteiger partial charge in [-0.1, -0.05) is 95.6 Å². The topological polar surface area (TPSA) is 0 Å². The van der Waals surface area contributed by atoms with Crippen molar-refractivity contribution in [2.24, 2.45) is 0 Å². The molecule has 25 heavy (non-hydrogen) atoms. The number of benzene rings is 3. The van der Waals surface area contributed by atoms with Crippen LogP contribution in [0.25, 0.3) is 21.9 Å². The smallest absolute Gasteiger partial charge is 0.0152 e. The molecule has 0 spiro atoms. The van der Waals surface area contributed by atoms with Gasteiger partial charge in [-0.2, -0.15) is 0 Å². The number of rotatable bonds is 1. The molecule has 0 radical (unpaired) electrons. The molecule has 0 N–H and O–H groups in total. The quantitative estimate of drug-likeness (QED) is 0.418. The molecular formula is C25H36. The monoisotopic (exact) mass is 336 g/mol. The van der Waals surface area contributed by atoms with Gasteiger partial charge in [0.1, 0.15) is 0 Å². The maximum Gasteiger partial charge on any atom is -0.0152 e. The van der Waals surface area contributed by atoms with E-state index in [2.05, 4.69) is 75.4 Å². The van der Waals surface area contributed by atoms with E-state index in [1.165, 1.54) is 38.6 Å². The first-order chi connectivity index (χ1) is 12.1. The van der Waals surface area contributed by atoms with Crippen LogP contribution in [0.3, 0.4) is 0 Å². The fourth-order valence-corrected chi connectivity index (χ4v) is 2.52. The van der Waals surface area contributed by atoms with Crippen molar-refractivity contribution >= 4 is 10.8 Å². The van der Waals surface area contributed by atoms with E-state index in [4.69, 9.17) is 0 Å². The molecule has 0 aliphatic rings. The maximum atomic E-state index is 2.28. The Hall–Kier alpha value is -2.08. The molecule has 136 valence electrons. The third kappa shape index (κ3) is 6.05. The van der Waals surface area contributed by atoms with Gasteiger partial charge in [-0.05, 0) is 59.9 Å². The minimum Gasteiger partial charge on any atom is -0.0683 e. The summed E-state index contributed by atoms with van der Waals surface area (Å²) in [5.41, 5.74) is 6.61. The molecule has 0 heterocycles. The number of fused-ring (bicyclic) bond motifs is 1. The maximum absolute atomic E-state index is 2.28. The van der Waals surface area contributed by atoms with E-state index in [1.807, 2.05) is 41.5 Å². The molecule has 0 atom stereocenters. The average Bonchev–Trinajstić information content (AvgIpc) is 2.70. The summed E-state index contributed by atoms with van der Waals surface area (Å²) in [6.07, 6.45) is 0. The van der Waals surface area contributed by atoms with Gasteiger partial charge in [-0.3, -0.25) is 0 Å². The van der Waals surface area contributed by atoms with Gasteiger partial charge in [-0.15, -0.1) is 0 Å². The third-order valence-corrected chi connectivity index (χ3v) is 3.94. The Morgan fingerprint density at radius 3 is 1.60 bits per heavy atom. The Labute approximate surface area is 155 Å². The number of hydrogen-bond acceptors (Lipinski definition) is 0. The molecule has 0 saturated heterocycles. The van der Waals surface area contributed by atoms with E-state index in [0.717, 1.165) is 0 Å². The lowest BCUT2D eigenvalue weighted by atomic mass is 9.96. The highest BCUT2D eigenvalue weighted by Gasteiger charge is 2.03. The van der Waals surface area contributed by atoms with Crippen LogP contribution in [0.15, 0.2) is 54.6 Å². The minimum atomic E-state index is 1.28. The SMILES string of the molecule is CC.CC.CC.Cc1ccc(-c2ccc3c(C)c(C)ccc3c2)cc1. The van der Waals surface area contributed by atoms with Gasteiger partial charge >= 0.3 is 0 Å². The molecule has 0 aromatic heterocycles. The molecule has 0 unspecified atom stereocenters. The Morgan fingerprint density at radius 2 is 1.04 bits per heavy atom. The van der Waals surface area contributed by atoms with Crippen molar-refractivity contribution in [3.8, 4) is 11.1 Å². The lowest BCUT2D eigenvalue weighted by molar-refractivity contribution is 1.38. The summed E-state index contributed by atoms with van der Waals surface area (Å²) in [4.78, 5) is 0. The lowest BCUT2D eigenvalue weighted by Crippen LogP contribution is -1.85. The fraction of sp³-hybridized carbons (Fsp3) is 0.360. The first kappa shape index (κ1) is 22.9. The molecule has 0 saturated carbocycles. The first-order valence-corrected chi connectivity index (χ1v) is 9.72. The molecule has 0 bridgehead atoms. The van der Waals surface area contributed by atoms with Crippen molar-refractivity contribution in [1.82, 2.24) is 0 Å². The molecule has 0 aliphatic heterocycles. The zero-order valence-corrected chi connectivity index (χ0v) is 17.7. The predicted molar refractivity (Wildman–Crippen MR) is 118 cm³/mol. The first-order valence-electron chi connectivity index (χ1n) is 9.72. The van der Waals surface area contributed by atoms with Gasteiger partial charge in [0.2, 0.25) is 0 Å². The van der Waals surface area contributed by atoms with Crippen LogP contribution in [0.4, 0.5) is 0 Å². The highest BCUT2D eigenvalue weighted by molar-refractivity contribution is 5.90. The van der Waals surface area contributed by atoms with Crippen LogP contribution < -0.4 is 0 Å². The van der Waals surface area contributed by atoms with Gasteiger partial charge in [0.05, 0.1) is 0 Å². The van der Waals surface area contributed by atoms with E-state index >= 15 is 0 Å². The van der Waals surface area contributed by atoms with Crippen molar-refractivity contribution < 1.29 is 0 Å². The highest BCUT2D eigenvalue weighted by Crippen LogP contribution is 2.27. The molecule has 3 rings (SSSR count). The standard InChI is InChI=1S/C19H18.3C2H6/c1-13-4-7-16(8-5-13)17-10-11-19-15(3)14(2)6-9-18(19)12-17;3*1-2/h4-12H,1-3H3;3*1-2H3. The molecule has 3 aromatic rings. The van der Waals surface area contributed by atoms with Crippen LogP contribution in [-0.2, 0) is 0 Å². The summed E-state index contributed by atoms with van der Waals surface area (Å²) in [5, 5.41) is 2.68. The van der Waals surface area contributed by atoms with Crippen LogP contribution in [0.2, 0.25) is 0 Å². The van der Waals surface area contributed by atoms with Gasteiger partial charge < -0.3 is 0 Å². The summed E-state index contributed by atoms with van der Waals surface area (Å²) < 4.78 is 0. The third-order valence-electron chi connectivity index (χ3n) is 3.94. The Balaban J connectivity index is 0.000000871. The number of aryl methyl sites for hydroxylation is 3. The van der Waals surface area contributed by atoms with E-state index in [1.54, 1.807) is 0 Å². The summed E-state index contributed by atoms with van der Waals surface area (Å²) in [6, 6.07) is 19.9. The predicted octanol–water partition coefficient (Wildman–Crippen LogP) is 8.51. The van der Waals surface area contributed by atoms with E-state index in [-0.39, 0.29) is 0 Å². The van der Waals surface area contributed by atoms with E-state index in [9.17, 15) is 0 Å². The van der Waals surface area contributed by atoms with Gasteiger partial charge in [-0.25, -0.2) is 0 Å². The van der Waals surface area contributed by atoms with Crippen molar-refractivity contribution in [3.05, 3.63) is 71.3 Å². The van der Waals surface area contributed by atoms with Crippen LogP contribution in [0.5, 0.6) is 0 Å². The highest BCUT2D eigenvalue weighted by atomic mass is 14.1. The number of hydrogen-bond donors (Lipinski definition) is 0. The van der Waals surface area contributed by atoms with Crippen LogP contribution in [0.1, 0.15) is 58.2 Å². The van der Waals surface area contributed by atoms with E-state index < -0.39 is 0 Å². The van der Waals surface area contributed by atoms with Crippen molar-refractivity contribution in [2.45, 2.75) is 62.3 Å². The average molecular weight is 337 g/mol. The van der Waals surface area contributed by atoms with Gasteiger partial charge in [0.15, 0.2) is 0 Å². The normalized spacial score (nSPS) is 9.00. The molecule has 0 aliphatic carbocycles. The van der Waals surface area contributed by atoms with Crippen LogP contribution >= 0.6 is 0 Å². The van der Waals surface area contributed by atoms with Crippen molar-refractivity contribution in [1.29, 1.82) is 0 Å². The second kappa shape index (κ2) is 12.3. The molecule has 0 heteroatoms. The van der Waals surface area contributed by atoms with E-state index in [0.29, 0.717) is 0 Å². The fourth-order valence-electron chi connectivity index (χ4n) is 2.52. The second-order valence-electron chi connectivity index (χ2n) is 5.31. The summed E-state index contributed by atoms with van der Waals surface area (Å²) in [6.45, 7) is 18.5. The largest absolute Gasteiger partial charge is 0.0683 e. The molecule has 3 aromatic carbocycles. The summed E-state index contributed by atoms with van der Waals surface area (Å²) >= 11 is 0. The summed E-state index contributed by atoms with van der Waals surface area (Å²) in [5.74, 6) is 0. The van der Waals surface area contributed by atoms with Crippen molar-refractivity contribution in [3.63, 3.8) is 0 Å². The molecule has 0 nitrogen and oxygen atoms in total. The van der Waals surface area contributed by atoms with Crippen LogP contribution in [-0.4, -0.2) is 0 Å². The molecular weight excluding hydrogens is 300 g/mol. The molecule has 0 amide bonds. The van der Waals surface area contributed by atoms with Crippen molar-refractivity contribution in [2.75, 3.05) is 0 Å². The zero-order chi connectivity index (χ0) is 19.4. The zero-order valence-electron chi connectivity index (χ0n) is 17.7. The Morgan fingerprint density at radius 1 is 0.520 bits per heavy atom. The Bertz CT molecular complexity index is 734. The minimum absolute atomic E-state index is 1.28.